The molecule has 0 radical (unpaired) electrons. The Labute approximate surface area is 157 Å². The van der Waals surface area contributed by atoms with Crippen molar-refractivity contribution in [3.63, 3.8) is 0 Å². The molecule has 1 N–H and O–H groups in total. The largest absolute Gasteiger partial charge is 0.359 e. The lowest BCUT2D eigenvalue weighted by molar-refractivity contribution is -0.126. The third-order valence-electron chi connectivity index (χ3n) is 6.59. The molecule has 136 valence electrons. The molecular formula is C24H29NO. The number of rotatable bonds is 4. The predicted octanol–water partition coefficient (Wildman–Crippen LogP) is 5.35. The third-order valence-corrected chi connectivity index (χ3v) is 6.59. The standard InChI is InChI=1S/C24H29NO/c1-17(2)16-24(22(3,4)23(24,5)21(26)25-6)20-15-11-10-14-19(20)18-12-8-7-9-13-18/h7-16H,1-6H3,(H,25,26). The van der Waals surface area contributed by atoms with Crippen LogP contribution in [0, 0.1) is 10.8 Å². The van der Waals surface area contributed by atoms with Crippen LogP contribution in [0.25, 0.3) is 11.1 Å². The molecule has 1 aliphatic rings. The summed E-state index contributed by atoms with van der Waals surface area (Å²) in [5, 5.41) is 2.91. The first-order chi connectivity index (χ1) is 12.2. The van der Waals surface area contributed by atoms with E-state index in [0.717, 1.165) is 0 Å². The Balaban J connectivity index is 2.33. The van der Waals surface area contributed by atoms with Crippen molar-refractivity contribution >= 4 is 5.91 Å². The van der Waals surface area contributed by atoms with Gasteiger partial charge in [-0.3, -0.25) is 4.79 Å². The highest BCUT2D eigenvalue weighted by Crippen LogP contribution is 2.79. The molecule has 2 unspecified atom stereocenters. The van der Waals surface area contributed by atoms with E-state index in [1.54, 1.807) is 7.05 Å². The normalized spacial score (nSPS) is 26.1. The minimum atomic E-state index is -0.503. The average Bonchev–Trinajstić information content (AvgIpc) is 3.03. The van der Waals surface area contributed by atoms with Gasteiger partial charge in [0, 0.05) is 12.5 Å². The van der Waals surface area contributed by atoms with Gasteiger partial charge >= 0.3 is 0 Å². The van der Waals surface area contributed by atoms with Crippen LogP contribution in [0.15, 0.2) is 66.2 Å². The van der Waals surface area contributed by atoms with Crippen LogP contribution in [-0.4, -0.2) is 13.0 Å². The summed E-state index contributed by atoms with van der Waals surface area (Å²) in [6.07, 6.45) is 2.31. The van der Waals surface area contributed by atoms with Crippen molar-refractivity contribution in [2.24, 2.45) is 10.8 Å². The fourth-order valence-corrected chi connectivity index (χ4v) is 4.98. The van der Waals surface area contributed by atoms with E-state index in [9.17, 15) is 4.79 Å². The van der Waals surface area contributed by atoms with Crippen LogP contribution in [0.1, 0.15) is 40.2 Å². The van der Waals surface area contributed by atoms with E-state index < -0.39 is 5.41 Å². The maximum absolute atomic E-state index is 13.0. The molecule has 2 aromatic rings. The van der Waals surface area contributed by atoms with Crippen molar-refractivity contribution in [1.29, 1.82) is 0 Å². The maximum atomic E-state index is 13.0. The molecule has 1 fully saturated rings. The zero-order chi connectivity index (χ0) is 19.2. The first-order valence-electron chi connectivity index (χ1n) is 9.27. The minimum absolute atomic E-state index is 0.0999. The molecule has 2 heteroatoms. The number of hydrogen-bond donors (Lipinski definition) is 1. The zero-order valence-corrected chi connectivity index (χ0v) is 16.7. The summed E-state index contributed by atoms with van der Waals surface area (Å²) in [5.41, 5.74) is 3.81. The summed E-state index contributed by atoms with van der Waals surface area (Å²) in [6, 6.07) is 19.0. The van der Waals surface area contributed by atoms with Gasteiger partial charge in [0.2, 0.25) is 5.91 Å². The molecule has 2 aromatic carbocycles. The molecule has 1 aliphatic carbocycles. The molecule has 3 rings (SSSR count). The molecule has 1 amide bonds. The summed E-state index contributed by atoms with van der Waals surface area (Å²) in [6.45, 7) is 10.8. The lowest BCUT2D eigenvalue weighted by Gasteiger charge is -2.24. The predicted molar refractivity (Wildman–Crippen MR) is 109 cm³/mol. The molecule has 0 bridgehead atoms. The van der Waals surface area contributed by atoms with Gasteiger partial charge in [-0.1, -0.05) is 80.1 Å². The second kappa shape index (κ2) is 6.12. The van der Waals surface area contributed by atoms with Crippen LogP contribution in [0.2, 0.25) is 0 Å². The van der Waals surface area contributed by atoms with Gasteiger partial charge in [-0.15, -0.1) is 0 Å². The molecule has 0 aromatic heterocycles. The van der Waals surface area contributed by atoms with Gasteiger partial charge in [-0.25, -0.2) is 0 Å². The lowest BCUT2D eigenvalue weighted by atomic mass is 9.79. The van der Waals surface area contributed by atoms with E-state index >= 15 is 0 Å². The summed E-state index contributed by atoms with van der Waals surface area (Å²) < 4.78 is 0. The van der Waals surface area contributed by atoms with E-state index in [1.807, 2.05) is 6.07 Å². The number of allylic oxidation sites excluding steroid dienone is 2. The Bertz CT molecular complexity index is 861. The quantitative estimate of drug-likeness (QED) is 0.742. The van der Waals surface area contributed by atoms with E-state index in [1.165, 1.54) is 22.3 Å². The molecule has 0 saturated heterocycles. The molecular weight excluding hydrogens is 318 g/mol. The van der Waals surface area contributed by atoms with Crippen LogP contribution >= 0.6 is 0 Å². The van der Waals surface area contributed by atoms with Crippen molar-refractivity contribution in [2.75, 3.05) is 7.05 Å². The van der Waals surface area contributed by atoms with E-state index in [-0.39, 0.29) is 16.7 Å². The number of nitrogens with one attached hydrogen (secondary N) is 1. The van der Waals surface area contributed by atoms with Crippen molar-refractivity contribution in [3.8, 4) is 11.1 Å². The molecule has 0 spiro atoms. The van der Waals surface area contributed by atoms with Gasteiger partial charge in [0.25, 0.3) is 0 Å². The number of carbonyl (C=O) groups is 1. The van der Waals surface area contributed by atoms with Gasteiger partial charge in [0.05, 0.1) is 5.41 Å². The highest BCUT2D eigenvalue weighted by atomic mass is 16.2. The monoisotopic (exact) mass is 347 g/mol. The number of benzene rings is 2. The van der Waals surface area contributed by atoms with Gasteiger partial charge < -0.3 is 5.32 Å². The Morgan fingerprint density at radius 3 is 2.08 bits per heavy atom. The van der Waals surface area contributed by atoms with Gasteiger partial charge in [0.1, 0.15) is 0 Å². The second-order valence-electron chi connectivity index (χ2n) is 8.27. The topological polar surface area (TPSA) is 29.1 Å². The van der Waals surface area contributed by atoms with Crippen LogP contribution < -0.4 is 5.32 Å². The van der Waals surface area contributed by atoms with Gasteiger partial charge in [0.15, 0.2) is 0 Å². The number of carbonyl (C=O) groups excluding carboxylic acids is 1. The first kappa shape index (κ1) is 18.4. The molecule has 26 heavy (non-hydrogen) atoms. The fourth-order valence-electron chi connectivity index (χ4n) is 4.98. The summed E-state index contributed by atoms with van der Waals surface area (Å²) in [4.78, 5) is 13.0. The second-order valence-corrected chi connectivity index (χ2v) is 8.27. The Hall–Kier alpha value is -2.35. The van der Waals surface area contributed by atoms with Crippen LogP contribution in [0.3, 0.4) is 0 Å². The Morgan fingerprint density at radius 2 is 1.50 bits per heavy atom. The molecule has 2 nitrogen and oxygen atoms in total. The van der Waals surface area contributed by atoms with Crippen LogP contribution in [0.4, 0.5) is 0 Å². The number of hydrogen-bond acceptors (Lipinski definition) is 1. The number of amides is 1. The summed E-state index contributed by atoms with van der Waals surface area (Å²) in [5.74, 6) is 0.0999. The van der Waals surface area contributed by atoms with Crippen molar-refractivity contribution in [1.82, 2.24) is 5.32 Å². The highest BCUT2D eigenvalue weighted by molar-refractivity contribution is 5.93. The van der Waals surface area contributed by atoms with Crippen molar-refractivity contribution in [3.05, 3.63) is 71.8 Å². The SMILES string of the molecule is CNC(=O)C1(C)C(C)(C)C1(C=C(C)C)c1ccccc1-c1ccccc1. The molecule has 0 aliphatic heterocycles. The minimum Gasteiger partial charge on any atom is -0.359 e. The van der Waals surface area contributed by atoms with Gasteiger partial charge in [-0.05, 0) is 42.9 Å². The van der Waals surface area contributed by atoms with E-state index in [4.69, 9.17) is 0 Å². The zero-order valence-electron chi connectivity index (χ0n) is 16.7. The summed E-state index contributed by atoms with van der Waals surface area (Å²) in [7, 11) is 1.73. The van der Waals surface area contributed by atoms with Gasteiger partial charge in [-0.2, -0.15) is 0 Å². The van der Waals surface area contributed by atoms with Crippen molar-refractivity contribution in [2.45, 2.75) is 40.0 Å². The fraction of sp³-hybridized carbons (Fsp3) is 0.375. The molecule has 0 heterocycles. The Morgan fingerprint density at radius 1 is 0.923 bits per heavy atom. The third kappa shape index (κ3) is 2.21. The lowest BCUT2D eigenvalue weighted by Crippen LogP contribution is -2.33. The molecule has 1 saturated carbocycles. The highest BCUT2D eigenvalue weighted by Gasteiger charge is 2.82. The van der Waals surface area contributed by atoms with Crippen molar-refractivity contribution < 1.29 is 4.79 Å². The average molecular weight is 348 g/mol. The van der Waals surface area contributed by atoms with E-state index in [0.29, 0.717) is 0 Å². The smallest absolute Gasteiger partial charge is 0.227 e. The summed E-state index contributed by atoms with van der Waals surface area (Å²) >= 11 is 0. The molecule has 2 atom stereocenters. The van der Waals surface area contributed by atoms with Crippen LogP contribution in [-0.2, 0) is 10.2 Å². The maximum Gasteiger partial charge on any atom is 0.227 e. The first-order valence-corrected chi connectivity index (χ1v) is 9.27. The Kier molecular flexibility index (Phi) is 4.34. The van der Waals surface area contributed by atoms with E-state index in [2.05, 4.69) is 94.5 Å². The van der Waals surface area contributed by atoms with Crippen LogP contribution in [0.5, 0.6) is 0 Å².